The zero-order valence-corrected chi connectivity index (χ0v) is 17.5. The number of phenols is 1. The van der Waals surface area contributed by atoms with E-state index in [9.17, 15) is 9.90 Å². The molecule has 3 heteroatoms. The molecule has 1 N–H and O–H groups in total. The molecule has 0 spiro atoms. The summed E-state index contributed by atoms with van der Waals surface area (Å²) >= 11 is 0. The van der Waals surface area contributed by atoms with E-state index < -0.39 is 0 Å². The van der Waals surface area contributed by atoms with Crippen LogP contribution in [0, 0.1) is 0 Å². The van der Waals surface area contributed by atoms with Crippen molar-refractivity contribution >= 4 is 5.97 Å². The van der Waals surface area contributed by atoms with Crippen LogP contribution in [0.25, 0.3) is 0 Å². The van der Waals surface area contributed by atoms with Gasteiger partial charge in [-0.3, -0.25) is 4.79 Å². The third-order valence-electron chi connectivity index (χ3n) is 5.10. The Labute approximate surface area is 165 Å². The highest BCUT2D eigenvalue weighted by atomic mass is 16.5. The number of allylic oxidation sites excluding steroid dienone is 1. The van der Waals surface area contributed by atoms with Crippen molar-refractivity contribution < 1.29 is 14.6 Å². The van der Waals surface area contributed by atoms with E-state index in [0.29, 0.717) is 6.42 Å². The van der Waals surface area contributed by atoms with Crippen LogP contribution in [0.1, 0.15) is 97.0 Å². The van der Waals surface area contributed by atoms with E-state index in [1.54, 1.807) is 18.4 Å². The second kappa shape index (κ2) is 13.4. The molecule has 0 aromatic heterocycles. The number of benzene rings is 1. The molecule has 0 heterocycles. The molecule has 27 heavy (non-hydrogen) atoms. The van der Waals surface area contributed by atoms with Gasteiger partial charge in [0.05, 0.1) is 6.26 Å². The number of esters is 1. The number of ether oxygens (including phenoxy) is 1. The summed E-state index contributed by atoms with van der Waals surface area (Å²) in [5.74, 6) is 0.119. The SMILES string of the molecule is CCCCCCCCCC=COC(=O)CCCC(C)(C)c1ccc(O)cc1. The first-order chi connectivity index (χ1) is 13.0. The standard InChI is InChI=1S/C24H38O3/c1-4-5-6-7-8-9-10-11-12-20-27-23(26)14-13-19-24(2,3)21-15-17-22(25)18-16-21/h12,15-18,20,25H,4-11,13-14,19H2,1-3H3. The highest BCUT2D eigenvalue weighted by molar-refractivity contribution is 5.69. The van der Waals surface area contributed by atoms with E-state index in [-0.39, 0.29) is 17.1 Å². The first-order valence-corrected chi connectivity index (χ1v) is 10.6. The first kappa shape index (κ1) is 23.3. The molecule has 3 nitrogen and oxygen atoms in total. The minimum absolute atomic E-state index is 0.0268. The normalized spacial score (nSPS) is 11.8. The van der Waals surface area contributed by atoms with E-state index in [4.69, 9.17) is 4.74 Å². The lowest BCUT2D eigenvalue weighted by atomic mass is 9.80. The van der Waals surface area contributed by atoms with Crippen LogP contribution < -0.4 is 0 Å². The predicted molar refractivity (Wildman–Crippen MR) is 113 cm³/mol. The van der Waals surface area contributed by atoms with Gasteiger partial charge in [0, 0.05) is 6.42 Å². The van der Waals surface area contributed by atoms with E-state index >= 15 is 0 Å². The number of unbranched alkanes of at least 4 members (excludes halogenated alkanes) is 7. The van der Waals surface area contributed by atoms with Gasteiger partial charge in [-0.1, -0.05) is 71.4 Å². The van der Waals surface area contributed by atoms with E-state index in [0.717, 1.165) is 19.3 Å². The molecule has 0 saturated heterocycles. The monoisotopic (exact) mass is 374 g/mol. The number of rotatable bonds is 14. The molecular weight excluding hydrogens is 336 g/mol. The summed E-state index contributed by atoms with van der Waals surface area (Å²) in [5.41, 5.74) is 1.14. The van der Waals surface area contributed by atoms with Crippen LogP contribution in [0.5, 0.6) is 5.75 Å². The second-order valence-electron chi connectivity index (χ2n) is 8.06. The first-order valence-electron chi connectivity index (χ1n) is 10.6. The van der Waals surface area contributed by atoms with Gasteiger partial charge in [-0.25, -0.2) is 0 Å². The topological polar surface area (TPSA) is 46.5 Å². The van der Waals surface area contributed by atoms with Crippen LogP contribution in [0.3, 0.4) is 0 Å². The fourth-order valence-electron chi connectivity index (χ4n) is 3.20. The van der Waals surface area contributed by atoms with Crippen LogP contribution in [-0.4, -0.2) is 11.1 Å². The fourth-order valence-corrected chi connectivity index (χ4v) is 3.20. The van der Waals surface area contributed by atoms with E-state index in [1.807, 2.05) is 18.2 Å². The molecule has 0 amide bonds. The Morgan fingerprint density at radius 2 is 1.63 bits per heavy atom. The van der Waals surface area contributed by atoms with Crippen LogP contribution in [0.4, 0.5) is 0 Å². The maximum absolute atomic E-state index is 11.8. The van der Waals surface area contributed by atoms with Crippen molar-refractivity contribution in [1.82, 2.24) is 0 Å². The molecule has 0 aliphatic rings. The molecule has 0 saturated carbocycles. The Morgan fingerprint density at radius 3 is 2.30 bits per heavy atom. The number of hydrogen-bond acceptors (Lipinski definition) is 3. The summed E-state index contributed by atoms with van der Waals surface area (Å²) < 4.78 is 5.19. The number of carbonyl (C=O) groups excluding carboxylic acids is 1. The van der Waals surface area contributed by atoms with Crippen molar-refractivity contribution in [2.45, 2.75) is 96.8 Å². The van der Waals surface area contributed by atoms with Gasteiger partial charge < -0.3 is 9.84 Å². The molecule has 0 bridgehead atoms. The third-order valence-corrected chi connectivity index (χ3v) is 5.10. The van der Waals surface area contributed by atoms with Crippen molar-refractivity contribution in [3.8, 4) is 5.75 Å². The summed E-state index contributed by atoms with van der Waals surface area (Å²) in [7, 11) is 0. The van der Waals surface area contributed by atoms with Gasteiger partial charge in [0.15, 0.2) is 0 Å². The fraction of sp³-hybridized carbons (Fsp3) is 0.625. The molecule has 152 valence electrons. The Bertz CT molecular complexity index is 543. The molecule has 0 aliphatic carbocycles. The molecule has 1 rings (SSSR count). The minimum atomic E-state index is -0.160. The van der Waals surface area contributed by atoms with Crippen molar-refractivity contribution in [3.63, 3.8) is 0 Å². The highest BCUT2D eigenvalue weighted by Crippen LogP contribution is 2.30. The molecular formula is C24H38O3. The van der Waals surface area contributed by atoms with Crippen molar-refractivity contribution in [2.24, 2.45) is 0 Å². The summed E-state index contributed by atoms with van der Waals surface area (Å²) in [4.78, 5) is 11.8. The van der Waals surface area contributed by atoms with Crippen molar-refractivity contribution in [3.05, 3.63) is 42.2 Å². The number of phenolic OH excluding ortho intramolecular Hbond substituents is 1. The van der Waals surface area contributed by atoms with Crippen LogP contribution in [-0.2, 0) is 14.9 Å². The van der Waals surface area contributed by atoms with Gasteiger partial charge in [0.2, 0.25) is 0 Å². The minimum Gasteiger partial charge on any atom is -0.508 e. The van der Waals surface area contributed by atoms with Crippen molar-refractivity contribution in [1.29, 1.82) is 0 Å². The Morgan fingerprint density at radius 1 is 1.00 bits per heavy atom. The van der Waals surface area contributed by atoms with Gasteiger partial charge in [-0.2, -0.15) is 0 Å². The molecule has 0 aliphatic heterocycles. The number of hydrogen-bond donors (Lipinski definition) is 1. The third kappa shape index (κ3) is 10.8. The maximum Gasteiger partial charge on any atom is 0.310 e. The summed E-state index contributed by atoms with van der Waals surface area (Å²) in [5, 5.41) is 9.40. The van der Waals surface area contributed by atoms with Gasteiger partial charge in [0.25, 0.3) is 0 Å². The molecule has 1 aromatic rings. The van der Waals surface area contributed by atoms with E-state index in [2.05, 4.69) is 20.8 Å². The number of aromatic hydroxyl groups is 1. The van der Waals surface area contributed by atoms with Gasteiger partial charge >= 0.3 is 5.97 Å². The lowest BCUT2D eigenvalue weighted by molar-refractivity contribution is -0.138. The van der Waals surface area contributed by atoms with Crippen LogP contribution >= 0.6 is 0 Å². The zero-order valence-electron chi connectivity index (χ0n) is 17.5. The van der Waals surface area contributed by atoms with Gasteiger partial charge in [0.1, 0.15) is 5.75 Å². The lowest BCUT2D eigenvalue weighted by Gasteiger charge is -2.25. The highest BCUT2D eigenvalue weighted by Gasteiger charge is 2.20. The molecule has 0 radical (unpaired) electrons. The average molecular weight is 375 g/mol. The van der Waals surface area contributed by atoms with Crippen LogP contribution in [0.15, 0.2) is 36.6 Å². The zero-order chi connectivity index (χ0) is 20.0. The Kier molecular flexibility index (Phi) is 11.6. The molecule has 0 unspecified atom stereocenters. The lowest BCUT2D eigenvalue weighted by Crippen LogP contribution is -2.17. The predicted octanol–water partition coefficient (Wildman–Crippen LogP) is 7.04. The molecule has 0 fully saturated rings. The second-order valence-corrected chi connectivity index (χ2v) is 8.06. The average Bonchev–Trinajstić information content (AvgIpc) is 2.63. The largest absolute Gasteiger partial charge is 0.508 e. The molecule has 1 aromatic carbocycles. The summed E-state index contributed by atoms with van der Waals surface area (Å²) in [6.45, 7) is 6.56. The smallest absolute Gasteiger partial charge is 0.310 e. The maximum atomic E-state index is 11.8. The molecule has 0 atom stereocenters. The quantitative estimate of drug-likeness (QED) is 0.216. The Balaban J connectivity index is 2.10. The van der Waals surface area contributed by atoms with Crippen LogP contribution in [0.2, 0.25) is 0 Å². The van der Waals surface area contributed by atoms with Gasteiger partial charge in [-0.05, 0) is 54.9 Å². The Hall–Kier alpha value is -1.77. The summed E-state index contributed by atoms with van der Waals surface area (Å²) in [6, 6.07) is 7.31. The number of carbonyl (C=O) groups is 1. The van der Waals surface area contributed by atoms with Gasteiger partial charge in [-0.15, -0.1) is 0 Å². The van der Waals surface area contributed by atoms with E-state index in [1.165, 1.54) is 50.5 Å². The van der Waals surface area contributed by atoms with Crippen molar-refractivity contribution in [2.75, 3.05) is 0 Å². The summed E-state index contributed by atoms with van der Waals surface area (Å²) in [6.07, 6.45) is 15.7.